The van der Waals surface area contributed by atoms with Crippen molar-refractivity contribution in [2.75, 3.05) is 49.6 Å². The lowest BCUT2D eigenvalue weighted by molar-refractivity contribution is -0.120. The van der Waals surface area contributed by atoms with Crippen LogP contribution in [0.3, 0.4) is 0 Å². The third kappa shape index (κ3) is 5.96. The van der Waals surface area contributed by atoms with Gasteiger partial charge in [0.1, 0.15) is 0 Å². The van der Waals surface area contributed by atoms with Gasteiger partial charge in [-0.15, -0.1) is 0 Å². The number of hydrogen-bond acceptors (Lipinski definition) is 4. The number of rotatable bonds is 7. The second-order valence-electron chi connectivity index (χ2n) is 8.65. The summed E-state index contributed by atoms with van der Waals surface area (Å²) in [7, 11) is 0. The van der Waals surface area contributed by atoms with Gasteiger partial charge in [0.05, 0.1) is 13.2 Å². The number of benzene rings is 2. The summed E-state index contributed by atoms with van der Waals surface area (Å²) in [6, 6.07) is 17.1. The molecule has 4 rings (SSSR count). The standard InChI is InChI=1S/C26H33N3O3/c30-25(21-8-3-1-4-9-21)27-23-11-7-10-22(20-23)26(31)29(24-12-5-2-6-13-24)15-14-28-16-18-32-19-17-28/h2,5-7,10-13,20-21H,1,3-4,8-9,14-19H2,(H,27,30). The number of morpholine rings is 1. The van der Waals surface area contributed by atoms with Crippen LogP contribution in [-0.4, -0.2) is 56.1 Å². The highest BCUT2D eigenvalue weighted by molar-refractivity contribution is 6.07. The fourth-order valence-corrected chi connectivity index (χ4v) is 4.52. The summed E-state index contributed by atoms with van der Waals surface area (Å²) in [6.07, 6.45) is 5.35. The molecule has 0 bridgehead atoms. The molecule has 170 valence electrons. The molecule has 2 amide bonds. The molecule has 1 saturated carbocycles. The zero-order valence-corrected chi connectivity index (χ0v) is 18.7. The minimum atomic E-state index is -0.0572. The minimum absolute atomic E-state index is 0.0572. The highest BCUT2D eigenvalue weighted by atomic mass is 16.5. The number of carbonyl (C=O) groups excluding carboxylic acids is 2. The van der Waals surface area contributed by atoms with Crippen molar-refractivity contribution < 1.29 is 14.3 Å². The van der Waals surface area contributed by atoms with Crippen LogP contribution >= 0.6 is 0 Å². The van der Waals surface area contributed by atoms with Gasteiger partial charge in [-0.2, -0.15) is 0 Å². The van der Waals surface area contributed by atoms with Gasteiger partial charge in [-0.3, -0.25) is 14.5 Å². The second kappa shape index (κ2) is 11.2. The van der Waals surface area contributed by atoms with E-state index in [1.807, 2.05) is 53.4 Å². The van der Waals surface area contributed by atoms with Crippen LogP contribution in [0, 0.1) is 5.92 Å². The van der Waals surface area contributed by atoms with Crippen LogP contribution < -0.4 is 10.2 Å². The molecule has 32 heavy (non-hydrogen) atoms. The van der Waals surface area contributed by atoms with Crippen molar-refractivity contribution in [3.63, 3.8) is 0 Å². The van der Waals surface area contributed by atoms with Crippen LogP contribution in [0.4, 0.5) is 11.4 Å². The molecule has 0 unspecified atom stereocenters. The first-order valence-electron chi connectivity index (χ1n) is 11.8. The third-order valence-corrected chi connectivity index (χ3v) is 6.41. The first kappa shape index (κ1) is 22.5. The van der Waals surface area contributed by atoms with E-state index in [2.05, 4.69) is 10.2 Å². The summed E-state index contributed by atoms with van der Waals surface area (Å²) in [5.41, 5.74) is 2.15. The Bertz CT molecular complexity index is 890. The fraction of sp³-hybridized carbons (Fsp3) is 0.462. The molecule has 2 aromatic carbocycles. The largest absolute Gasteiger partial charge is 0.379 e. The molecule has 1 aliphatic heterocycles. The minimum Gasteiger partial charge on any atom is -0.379 e. The lowest BCUT2D eigenvalue weighted by atomic mass is 9.88. The van der Waals surface area contributed by atoms with E-state index >= 15 is 0 Å². The molecule has 0 radical (unpaired) electrons. The van der Waals surface area contributed by atoms with Crippen molar-refractivity contribution in [3.8, 4) is 0 Å². The van der Waals surface area contributed by atoms with Gasteiger partial charge in [-0.1, -0.05) is 43.5 Å². The smallest absolute Gasteiger partial charge is 0.258 e. The predicted molar refractivity (Wildman–Crippen MR) is 127 cm³/mol. The van der Waals surface area contributed by atoms with E-state index in [-0.39, 0.29) is 17.7 Å². The lowest BCUT2D eigenvalue weighted by Gasteiger charge is -2.30. The maximum atomic E-state index is 13.5. The van der Waals surface area contributed by atoms with Gasteiger partial charge in [0.2, 0.25) is 5.91 Å². The molecule has 2 aliphatic rings. The number of carbonyl (C=O) groups is 2. The molecule has 2 fully saturated rings. The van der Waals surface area contributed by atoms with Gasteiger partial charge in [-0.25, -0.2) is 0 Å². The molecule has 1 aliphatic carbocycles. The van der Waals surface area contributed by atoms with Gasteiger partial charge < -0.3 is 15.0 Å². The summed E-state index contributed by atoms with van der Waals surface area (Å²) >= 11 is 0. The molecule has 6 heteroatoms. The maximum absolute atomic E-state index is 13.5. The predicted octanol–water partition coefficient (Wildman–Crippen LogP) is 4.18. The first-order chi connectivity index (χ1) is 15.7. The van der Waals surface area contributed by atoms with E-state index in [9.17, 15) is 9.59 Å². The average molecular weight is 436 g/mol. The molecule has 0 atom stereocenters. The highest BCUT2D eigenvalue weighted by Gasteiger charge is 2.23. The number of nitrogens with zero attached hydrogens (tertiary/aromatic N) is 2. The Labute approximate surface area is 190 Å². The summed E-state index contributed by atoms with van der Waals surface area (Å²) < 4.78 is 5.44. The Morgan fingerprint density at radius 3 is 2.47 bits per heavy atom. The molecule has 2 aromatic rings. The van der Waals surface area contributed by atoms with Crippen molar-refractivity contribution in [1.29, 1.82) is 0 Å². The van der Waals surface area contributed by atoms with Crippen LogP contribution in [0.1, 0.15) is 42.5 Å². The SMILES string of the molecule is O=C(Nc1cccc(C(=O)N(CCN2CCOCC2)c2ccccc2)c1)C1CCCCC1. The van der Waals surface area contributed by atoms with Crippen molar-refractivity contribution in [2.24, 2.45) is 5.92 Å². The summed E-state index contributed by atoms with van der Waals surface area (Å²) in [5, 5.41) is 3.04. The first-order valence-corrected chi connectivity index (χ1v) is 11.8. The summed E-state index contributed by atoms with van der Waals surface area (Å²) in [4.78, 5) is 30.3. The van der Waals surface area contributed by atoms with E-state index < -0.39 is 0 Å². The zero-order chi connectivity index (χ0) is 22.2. The number of hydrogen-bond donors (Lipinski definition) is 1. The second-order valence-corrected chi connectivity index (χ2v) is 8.65. The van der Waals surface area contributed by atoms with Crippen LogP contribution in [0.2, 0.25) is 0 Å². The number of nitrogens with one attached hydrogen (secondary N) is 1. The lowest BCUT2D eigenvalue weighted by Crippen LogP contribution is -2.43. The topological polar surface area (TPSA) is 61.9 Å². The molecular weight excluding hydrogens is 402 g/mol. The van der Waals surface area contributed by atoms with Gasteiger partial charge >= 0.3 is 0 Å². The molecule has 0 spiro atoms. The Hall–Kier alpha value is -2.70. The van der Waals surface area contributed by atoms with Crippen molar-refractivity contribution in [1.82, 2.24) is 4.90 Å². The van der Waals surface area contributed by atoms with E-state index in [1.165, 1.54) is 6.42 Å². The Morgan fingerprint density at radius 1 is 0.969 bits per heavy atom. The van der Waals surface area contributed by atoms with E-state index in [0.717, 1.165) is 64.2 Å². The average Bonchev–Trinajstić information content (AvgIpc) is 2.86. The van der Waals surface area contributed by atoms with Crippen LogP contribution in [-0.2, 0) is 9.53 Å². The van der Waals surface area contributed by atoms with E-state index in [4.69, 9.17) is 4.74 Å². The van der Waals surface area contributed by atoms with Crippen molar-refractivity contribution in [3.05, 3.63) is 60.2 Å². The fourth-order valence-electron chi connectivity index (χ4n) is 4.52. The van der Waals surface area contributed by atoms with Gasteiger partial charge in [0.15, 0.2) is 0 Å². The van der Waals surface area contributed by atoms with E-state index in [0.29, 0.717) is 17.8 Å². The number of anilines is 2. The molecule has 1 saturated heterocycles. The number of ether oxygens (including phenoxy) is 1. The Morgan fingerprint density at radius 2 is 1.72 bits per heavy atom. The summed E-state index contributed by atoms with van der Waals surface area (Å²) in [5.74, 6) is 0.0946. The third-order valence-electron chi connectivity index (χ3n) is 6.41. The monoisotopic (exact) mass is 435 g/mol. The van der Waals surface area contributed by atoms with Crippen LogP contribution in [0.15, 0.2) is 54.6 Å². The van der Waals surface area contributed by atoms with Gasteiger partial charge in [0.25, 0.3) is 5.91 Å². The molecule has 6 nitrogen and oxygen atoms in total. The normalized spacial score (nSPS) is 17.6. The molecule has 1 heterocycles. The molecular formula is C26H33N3O3. The van der Waals surface area contributed by atoms with Gasteiger partial charge in [0, 0.05) is 49.0 Å². The maximum Gasteiger partial charge on any atom is 0.258 e. The number of para-hydroxylation sites is 1. The zero-order valence-electron chi connectivity index (χ0n) is 18.7. The van der Waals surface area contributed by atoms with Crippen molar-refractivity contribution >= 4 is 23.2 Å². The van der Waals surface area contributed by atoms with Crippen LogP contribution in [0.25, 0.3) is 0 Å². The van der Waals surface area contributed by atoms with Crippen molar-refractivity contribution in [2.45, 2.75) is 32.1 Å². The molecule has 1 N–H and O–H groups in total. The van der Waals surface area contributed by atoms with Crippen LogP contribution in [0.5, 0.6) is 0 Å². The highest BCUT2D eigenvalue weighted by Crippen LogP contribution is 2.25. The summed E-state index contributed by atoms with van der Waals surface area (Å²) in [6.45, 7) is 4.65. The quantitative estimate of drug-likeness (QED) is 0.709. The Kier molecular flexibility index (Phi) is 7.91. The van der Waals surface area contributed by atoms with Gasteiger partial charge in [-0.05, 0) is 43.2 Å². The Balaban J connectivity index is 1.47. The molecule has 0 aromatic heterocycles. The van der Waals surface area contributed by atoms with E-state index in [1.54, 1.807) is 6.07 Å². The number of amides is 2.